The molecule has 0 aromatic carbocycles. The van der Waals surface area contributed by atoms with Crippen LogP contribution in [0.1, 0.15) is 58.8 Å². The summed E-state index contributed by atoms with van der Waals surface area (Å²) in [5.74, 6) is 0.316. The predicted octanol–water partition coefficient (Wildman–Crippen LogP) is 2.92. The van der Waals surface area contributed by atoms with E-state index in [1.165, 1.54) is 0 Å². The first-order chi connectivity index (χ1) is 14.6. The maximum Gasteiger partial charge on any atom is 0.320 e. The summed E-state index contributed by atoms with van der Waals surface area (Å²) in [5.41, 5.74) is 7.35. The molecule has 3 heterocycles. The van der Waals surface area contributed by atoms with Crippen molar-refractivity contribution in [1.29, 1.82) is 0 Å². The highest BCUT2D eigenvalue weighted by molar-refractivity contribution is 5.83. The Morgan fingerprint density at radius 1 is 1.20 bits per heavy atom. The standard InChI is InChI=1S/C21H36N6O3/c1-4-8-15(2)30-20-25-18(22)17-19(26-20)27(21(24-17)28-3)12-7-5-6-11-23-16-9-13-29-14-10-16/h15-16,23H,4-14H2,1-3H3,(H2,22,25,26). The third-order valence-corrected chi connectivity index (χ3v) is 5.46. The number of methoxy groups -OCH3 is 1. The van der Waals surface area contributed by atoms with Crippen molar-refractivity contribution in [3.63, 3.8) is 0 Å². The van der Waals surface area contributed by atoms with Gasteiger partial charge in [-0.3, -0.25) is 4.57 Å². The molecule has 168 valence electrons. The fourth-order valence-electron chi connectivity index (χ4n) is 3.82. The number of aryl methyl sites for hydroxylation is 1. The van der Waals surface area contributed by atoms with Crippen LogP contribution in [0.3, 0.4) is 0 Å². The second-order valence-corrected chi connectivity index (χ2v) is 7.93. The third-order valence-electron chi connectivity index (χ3n) is 5.46. The molecular formula is C21H36N6O3. The number of nitrogens with two attached hydrogens (primary N) is 1. The number of nitrogens with zero attached hydrogens (tertiary/aromatic N) is 4. The SMILES string of the molecule is CCCC(C)Oc1nc(N)c2nc(OC)n(CCCCCNC3CCOCC3)c2n1. The number of fused-ring (bicyclic) bond motifs is 1. The van der Waals surface area contributed by atoms with Gasteiger partial charge in [0.25, 0.3) is 6.01 Å². The topological polar surface area (TPSA) is 109 Å². The van der Waals surface area contributed by atoms with E-state index < -0.39 is 0 Å². The molecule has 3 N–H and O–H groups in total. The maximum atomic E-state index is 6.13. The number of anilines is 1. The molecule has 1 fully saturated rings. The summed E-state index contributed by atoms with van der Waals surface area (Å²) in [5, 5.41) is 3.63. The minimum Gasteiger partial charge on any atom is -0.468 e. The Labute approximate surface area is 178 Å². The third kappa shape index (κ3) is 5.95. The molecule has 2 aromatic heterocycles. The molecule has 0 aliphatic carbocycles. The number of unbranched alkanes of at least 4 members (excludes halogenated alkanes) is 2. The second-order valence-electron chi connectivity index (χ2n) is 7.93. The minimum absolute atomic E-state index is 0.0355. The van der Waals surface area contributed by atoms with Gasteiger partial charge in [-0.25, -0.2) is 0 Å². The van der Waals surface area contributed by atoms with E-state index in [2.05, 4.69) is 27.2 Å². The van der Waals surface area contributed by atoms with Gasteiger partial charge in [-0.05, 0) is 45.6 Å². The van der Waals surface area contributed by atoms with Gasteiger partial charge in [0.05, 0.1) is 13.2 Å². The van der Waals surface area contributed by atoms with Gasteiger partial charge in [0.2, 0.25) is 0 Å². The minimum atomic E-state index is 0.0355. The first-order valence-corrected chi connectivity index (χ1v) is 11.2. The van der Waals surface area contributed by atoms with Gasteiger partial charge in [-0.15, -0.1) is 0 Å². The largest absolute Gasteiger partial charge is 0.468 e. The number of rotatable bonds is 12. The Hall–Kier alpha value is -2.13. The fourth-order valence-corrected chi connectivity index (χ4v) is 3.82. The summed E-state index contributed by atoms with van der Waals surface area (Å²) in [6, 6.07) is 1.40. The number of hydrogen-bond acceptors (Lipinski definition) is 8. The summed E-state index contributed by atoms with van der Waals surface area (Å²) in [4.78, 5) is 13.3. The Bertz CT molecular complexity index is 791. The average Bonchev–Trinajstić information content (AvgIpc) is 3.09. The van der Waals surface area contributed by atoms with Crippen LogP contribution in [0.25, 0.3) is 11.2 Å². The Morgan fingerprint density at radius 2 is 2.00 bits per heavy atom. The lowest BCUT2D eigenvalue weighted by atomic mass is 10.1. The Balaban J connectivity index is 1.58. The fraction of sp³-hybridized carbons (Fsp3) is 0.762. The zero-order valence-corrected chi connectivity index (χ0v) is 18.5. The van der Waals surface area contributed by atoms with E-state index >= 15 is 0 Å². The first kappa shape index (κ1) is 22.6. The summed E-state index contributed by atoms with van der Waals surface area (Å²) in [6.07, 6.45) is 7.47. The van der Waals surface area contributed by atoms with E-state index in [4.69, 9.17) is 19.9 Å². The lowest BCUT2D eigenvalue weighted by Crippen LogP contribution is -2.35. The van der Waals surface area contributed by atoms with Crippen molar-refractivity contribution >= 4 is 17.0 Å². The highest BCUT2D eigenvalue weighted by atomic mass is 16.5. The molecular weight excluding hydrogens is 384 g/mol. The van der Waals surface area contributed by atoms with Gasteiger partial charge in [0.1, 0.15) is 0 Å². The van der Waals surface area contributed by atoms with Crippen LogP contribution in [0, 0.1) is 0 Å². The van der Waals surface area contributed by atoms with Crippen LogP contribution in [0.2, 0.25) is 0 Å². The number of ether oxygens (including phenoxy) is 3. The van der Waals surface area contributed by atoms with E-state index in [1.807, 2.05) is 11.5 Å². The van der Waals surface area contributed by atoms with E-state index in [0.29, 0.717) is 35.0 Å². The van der Waals surface area contributed by atoms with Crippen molar-refractivity contribution in [1.82, 2.24) is 24.8 Å². The molecule has 0 spiro atoms. The normalized spacial score (nSPS) is 16.1. The van der Waals surface area contributed by atoms with Crippen molar-refractivity contribution in [3.8, 4) is 12.0 Å². The molecule has 0 radical (unpaired) electrons. The van der Waals surface area contributed by atoms with Crippen molar-refractivity contribution in [2.24, 2.45) is 0 Å². The Morgan fingerprint density at radius 3 is 2.73 bits per heavy atom. The van der Waals surface area contributed by atoms with Crippen LogP contribution in [0.15, 0.2) is 0 Å². The summed E-state index contributed by atoms with van der Waals surface area (Å²) in [7, 11) is 1.61. The molecule has 9 heteroatoms. The molecule has 0 saturated carbocycles. The average molecular weight is 421 g/mol. The molecule has 1 unspecified atom stereocenters. The van der Waals surface area contributed by atoms with Gasteiger partial charge in [0.15, 0.2) is 17.0 Å². The van der Waals surface area contributed by atoms with Gasteiger partial charge in [-0.2, -0.15) is 15.0 Å². The smallest absolute Gasteiger partial charge is 0.320 e. The van der Waals surface area contributed by atoms with E-state index in [1.54, 1.807) is 7.11 Å². The van der Waals surface area contributed by atoms with Crippen molar-refractivity contribution in [2.45, 2.75) is 77.5 Å². The van der Waals surface area contributed by atoms with Crippen LogP contribution in [0.4, 0.5) is 5.82 Å². The van der Waals surface area contributed by atoms with Crippen molar-refractivity contribution < 1.29 is 14.2 Å². The molecule has 2 aromatic rings. The number of aromatic nitrogens is 4. The highest BCUT2D eigenvalue weighted by Crippen LogP contribution is 2.26. The van der Waals surface area contributed by atoms with Crippen LogP contribution in [0.5, 0.6) is 12.0 Å². The molecule has 1 aliphatic rings. The van der Waals surface area contributed by atoms with E-state index in [-0.39, 0.29) is 6.10 Å². The number of hydrogen-bond donors (Lipinski definition) is 2. The molecule has 1 saturated heterocycles. The maximum absolute atomic E-state index is 6.13. The lowest BCUT2D eigenvalue weighted by molar-refractivity contribution is 0.0780. The lowest BCUT2D eigenvalue weighted by Gasteiger charge is -2.23. The van der Waals surface area contributed by atoms with Gasteiger partial charge in [-0.1, -0.05) is 19.8 Å². The van der Waals surface area contributed by atoms with Crippen LogP contribution < -0.4 is 20.5 Å². The monoisotopic (exact) mass is 420 g/mol. The zero-order chi connectivity index (χ0) is 21.3. The second kappa shape index (κ2) is 11.3. The summed E-state index contributed by atoms with van der Waals surface area (Å²) in [6.45, 7) is 7.68. The number of nitrogens with one attached hydrogen (secondary N) is 1. The number of imidazole rings is 1. The highest BCUT2D eigenvalue weighted by Gasteiger charge is 2.18. The number of nitrogen functional groups attached to an aromatic ring is 1. The quantitative estimate of drug-likeness (QED) is 0.505. The van der Waals surface area contributed by atoms with Crippen LogP contribution in [-0.4, -0.2) is 58.5 Å². The predicted molar refractivity (Wildman–Crippen MR) is 117 cm³/mol. The molecule has 1 atom stereocenters. The van der Waals surface area contributed by atoms with Crippen molar-refractivity contribution in [2.75, 3.05) is 32.6 Å². The van der Waals surface area contributed by atoms with E-state index in [9.17, 15) is 0 Å². The molecule has 0 amide bonds. The first-order valence-electron chi connectivity index (χ1n) is 11.2. The van der Waals surface area contributed by atoms with Crippen LogP contribution >= 0.6 is 0 Å². The van der Waals surface area contributed by atoms with Gasteiger partial charge in [0, 0.05) is 25.8 Å². The van der Waals surface area contributed by atoms with Gasteiger partial charge >= 0.3 is 6.01 Å². The molecule has 0 bridgehead atoms. The molecule has 9 nitrogen and oxygen atoms in total. The van der Waals surface area contributed by atoms with Crippen LogP contribution in [-0.2, 0) is 11.3 Å². The summed E-state index contributed by atoms with van der Waals surface area (Å²) < 4.78 is 18.7. The zero-order valence-electron chi connectivity index (χ0n) is 18.5. The molecule has 30 heavy (non-hydrogen) atoms. The Kier molecular flexibility index (Phi) is 8.50. The molecule has 3 rings (SSSR count). The molecule has 1 aliphatic heterocycles. The van der Waals surface area contributed by atoms with Crippen molar-refractivity contribution in [3.05, 3.63) is 0 Å². The summed E-state index contributed by atoms with van der Waals surface area (Å²) >= 11 is 0. The van der Waals surface area contributed by atoms with Gasteiger partial charge < -0.3 is 25.3 Å². The van der Waals surface area contributed by atoms with E-state index in [0.717, 1.165) is 71.2 Å².